The Morgan fingerprint density at radius 3 is 2.85 bits per heavy atom. The van der Waals surface area contributed by atoms with Gasteiger partial charge in [0.2, 0.25) is 0 Å². The van der Waals surface area contributed by atoms with E-state index in [9.17, 15) is 5.11 Å². The van der Waals surface area contributed by atoms with Crippen molar-refractivity contribution in [2.24, 2.45) is 5.11 Å². The van der Waals surface area contributed by atoms with Crippen LogP contribution in [0, 0.1) is 0 Å². The maximum Gasteiger partial charge on any atom is 0.160 e. The lowest BCUT2D eigenvalue weighted by molar-refractivity contribution is -0.205. The molecule has 0 bridgehead atoms. The summed E-state index contributed by atoms with van der Waals surface area (Å²) in [6.07, 6.45) is -1.07. The van der Waals surface area contributed by atoms with Crippen LogP contribution in [0.5, 0.6) is 0 Å². The zero-order valence-electron chi connectivity index (χ0n) is 7.62. The molecule has 1 heterocycles. The van der Waals surface area contributed by atoms with Crippen LogP contribution in [-0.2, 0) is 9.47 Å². The highest BCUT2D eigenvalue weighted by molar-refractivity contribution is 4.86. The molecule has 1 fully saturated rings. The third-order valence-corrected chi connectivity index (χ3v) is 2.12. The number of hydrogen-bond acceptors (Lipinski definition) is 4. The average molecular weight is 187 g/mol. The molecule has 0 aromatic heterocycles. The number of azide groups is 1. The van der Waals surface area contributed by atoms with Crippen LogP contribution in [0.25, 0.3) is 10.4 Å². The zero-order valence-corrected chi connectivity index (χ0v) is 7.62. The van der Waals surface area contributed by atoms with E-state index >= 15 is 0 Å². The van der Waals surface area contributed by atoms with E-state index in [0.29, 0.717) is 6.42 Å². The second kappa shape index (κ2) is 4.43. The first-order chi connectivity index (χ1) is 6.19. The molecule has 0 saturated carbocycles. The monoisotopic (exact) mass is 187 g/mol. The molecule has 13 heavy (non-hydrogen) atoms. The molecule has 1 N–H and O–H groups in total. The highest BCUT2D eigenvalue weighted by Gasteiger charge is 2.34. The van der Waals surface area contributed by atoms with Gasteiger partial charge in [-0.1, -0.05) is 5.11 Å². The van der Waals surface area contributed by atoms with Crippen molar-refractivity contribution < 1.29 is 14.6 Å². The van der Waals surface area contributed by atoms with Gasteiger partial charge in [-0.05, 0) is 12.5 Å². The first kappa shape index (κ1) is 10.3. The first-order valence-corrected chi connectivity index (χ1v) is 4.09. The van der Waals surface area contributed by atoms with Crippen molar-refractivity contribution in [1.29, 1.82) is 0 Å². The number of hydrogen-bond donors (Lipinski definition) is 1. The van der Waals surface area contributed by atoms with E-state index in [1.54, 1.807) is 6.92 Å². The van der Waals surface area contributed by atoms with Crippen LogP contribution in [0.2, 0.25) is 0 Å². The Bertz CT molecular complexity index is 205. The van der Waals surface area contributed by atoms with E-state index in [1.165, 1.54) is 7.11 Å². The lowest BCUT2D eigenvalue weighted by atomic mass is 10.0. The summed E-state index contributed by atoms with van der Waals surface area (Å²) in [5.74, 6) is 0. The Balaban J connectivity index is 2.63. The summed E-state index contributed by atoms with van der Waals surface area (Å²) < 4.78 is 10.3. The van der Waals surface area contributed by atoms with Crippen LogP contribution >= 0.6 is 0 Å². The number of rotatable bonds is 2. The van der Waals surface area contributed by atoms with Crippen LogP contribution in [0.4, 0.5) is 0 Å². The molecular weight excluding hydrogens is 174 g/mol. The van der Waals surface area contributed by atoms with Crippen molar-refractivity contribution in [3.05, 3.63) is 10.4 Å². The molecule has 0 aromatic rings. The summed E-state index contributed by atoms with van der Waals surface area (Å²) in [5, 5.41) is 13.0. The molecule has 6 heteroatoms. The minimum absolute atomic E-state index is 0.315. The van der Waals surface area contributed by atoms with Gasteiger partial charge in [-0.3, -0.25) is 0 Å². The molecular formula is C7H13N3O3. The fraction of sp³-hybridized carbons (Fsp3) is 1.00. The predicted octanol–water partition coefficient (Wildman–Crippen LogP) is 0.807. The van der Waals surface area contributed by atoms with E-state index < -0.39 is 18.4 Å². The van der Waals surface area contributed by atoms with E-state index in [4.69, 9.17) is 15.0 Å². The summed E-state index contributed by atoms with van der Waals surface area (Å²) in [7, 11) is 1.51. The Hall–Kier alpha value is -0.810. The number of aliphatic hydroxyl groups excluding tert-OH is 1. The normalized spacial score (nSPS) is 39.6. The van der Waals surface area contributed by atoms with Crippen molar-refractivity contribution in [2.75, 3.05) is 7.11 Å². The van der Waals surface area contributed by atoms with Gasteiger partial charge in [-0.25, -0.2) is 0 Å². The van der Waals surface area contributed by atoms with Crippen LogP contribution < -0.4 is 0 Å². The van der Waals surface area contributed by atoms with Gasteiger partial charge < -0.3 is 14.6 Å². The van der Waals surface area contributed by atoms with E-state index in [-0.39, 0.29) is 6.10 Å². The molecule has 0 aromatic carbocycles. The second-order valence-electron chi connectivity index (χ2n) is 3.01. The lowest BCUT2D eigenvalue weighted by Gasteiger charge is -2.34. The largest absolute Gasteiger partial charge is 0.392 e. The van der Waals surface area contributed by atoms with Crippen LogP contribution in [0.3, 0.4) is 0 Å². The van der Waals surface area contributed by atoms with Gasteiger partial charge >= 0.3 is 0 Å². The van der Waals surface area contributed by atoms with Gasteiger partial charge in [0.1, 0.15) is 0 Å². The van der Waals surface area contributed by atoms with Crippen LogP contribution in [-0.4, -0.2) is 36.8 Å². The molecule has 1 aliphatic heterocycles. The quantitative estimate of drug-likeness (QED) is 0.394. The van der Waals surface area contributed by atoms with Gasteiger partial charge in [0.05, 0.1) is 18.2 Å². The number of methoxy groups -OCH3 is 1. The van der Waals surface area contributed by atoms with E-state index in [2.05, 4.69) is 10.0 Å². The van der Waals surface area contributed by atoms with Crippen LogP contribution in [0.15, 0.2) is 5.11 Å². The van der Waals surface area contributed by atoms with Gasteiger partial charge in [0.15, 0.2) is 6.29 Å². The third kappa shape index (κ3) is 2.32. The predicted molar refractivity (Wildman–Crippen MR) is 44.9 cm³/mol. The summed E-state index contributed by atoms with van der Waals surface area (Å²) in [6.45, 7) is 1.74. The van der Waals surface area contributed by atoms with E-state index in [1.807, 2.05) is 0 Å². The van der Waals surface area contributed by atoms with Crippen molar-refractivity contribution in [1.82, 2.24) is 0 Å². The van der Waals surface area contributed by atoms with Crippen LogP contribution in [0.1, 0.15) is 13.3 Å². The molecule has 0 radical (unpaired) electrons. The molecule has 6 nitrogen and oxygen atoms in total. The number of aliphatic hydroxyl groups is 1. The third-order valence-electron chi connectivity index (χ3n) is 2.12. The standard InChI is InChI=1S/C7H13N3O3/c1-4-7(9-10-8)5(11)3-6(12-2)13-4/h4-7,11H,3H2,1-2H3/t4-,5+,6-,7+/m0/s1. The summed E-state index contributed by atoms with van der Waals surface area (Å²) in [4.78, 5) is 2.66. The number of ether oxygens (including phenoxy) is 2. The Kier molecular flexibility index (Phi) is 3.50. The summed E-state index contributed by atoms with van der Waals surface area (Å²) in [5.41, 5.74) is 8.24. The molecule has 0 amide bonds. The average Bonchev–Trinajstić information content (AvgIpc) is 2.11. The second-order valence-corrected chi connectivity index (χ2v) is 3.01. The highest BCUT2D eigenvalue weighted by atomic mass is 16.7. The van der Waals surface area contributed by atoms with Gasteiger partial charge in [0.25, 0.3) is 0 Å². The van der Waals surface area contributed by atoms with Gasteiger partial charge in [-0.2, -0.15) is 0 Å². The molecule has 74 valence electrons. The maximum atomic E-state index is 9.55. The van der Waals surface area contributed by atoms with Gasteiger partial charge in [0, 0.05) is 18.4 Å². The Morgan fingerprint density at radius 2 is 2.38 bits per heavy atom. The summed E-state index contributed by atoms with van der Waals surface area (Å²) >= 11 is 0. The fourth-order valence-corrected chi connectivity index (χ4v) is 1.41. The Morgan fingerprint density at radius 1 is 1.69 bits per heavy atom. The molecule has 0 aliphatic carbocycles. The van der Waals surface area contributed by atoms with E-state index in [0.717, 1.165) is 0 Å². The zero-order chi connectivity index (χ0) is 9.84. The van der Waals surface area contributed by atoms with Crippen molar-refractivity contribution >= 4 is 0 Å². The molecule has 1 saturated heterocycles. The molecule has 1 rings (SSSR count). The fourth-order valence-electron chi connectivity index (χ4n) is 1.41. The van der Waals surface area contributed by atoms with Crippen molar-refractivity contribution in [2.45, 2.75) is 37.9 Å². The first-order valence-electron chi connectivity index (χ1n) is 4.09. The lowest BCUT2D eigenvalue weighted by Crippen LogP contribution is -2.46. The van der Waals surface area contributed by atoms with Gasteiger partial charge in [-0.15, -0.1) is 0 Å². The molecule has 0 spiro atoms. The minimum atomic E-state index is -0.690. The van der Waals surface area contributed by atoms with Crippen molar-refractivity contribution in [3.8, 4) is 0 Å². The topological polar surface area (TPSA) is 87.5 Å². The molecule has 0 unspecified atom stereocenters. The van der Waals surface area contributed by atoms with Crippen molar-refractivity contribution in [3.63, 3.8) is 0 Å². The smallest absolute Gasteiger partial charge is 0.160 e. The highest BCUT2D eigenvalue weighted by Crippen LogP contribution is 2.22. The molecule has 1 aliphatic rings. The molecule has 4 atom stereocenters. The number of nitrogens with zero attached hydrogens (tertiary/aromatic N) is 3. The maximum absolute atomic E-state index is 9.55. The summed E-state index contributed by atoms with van der Waals surface area (Å²) in [6, 6.07) is -0.517. The Labute approximate surface area is 76.1 Å². The SMILES string of the molecule is CO[C@@H]1C[C@@H](O)[C@H](N=[N+]=[N-])[C@H](C)O1. The minimum Gasteiger partial charge on any atom is -0.392 e.